The van der Waals surface area contributed by atoms with E-state index in [0.717, 1.165) is 50.4 Å². The van der Waals surface area contributed by atoms with Gasteiger partial charge >= 0.3 is 0 Å². The Morgan fingerprint density at radius 3 is 2.53 bits per heavy atom. The van der Waals surface area contributed by atoms with Gasteiger partial charge in [0.25, 0.3) is 0 Å². The van der Waals surface area contributed by atoms with Crippen LogP contribution in [0.4, 0.5) is 4.39 Å². The van der Waals surface area contributed by atoms with Gasteiger partial charge in [-0.1, -0.05) is 25.1 Å². The molecule has 3 heterocycles. The van der Waals surface area contributed by atoms with Gasteiger partial charge in [0, 0.05) is 18.3 Å². The molecule has 0 aliphatic carbocycles. The Morgan fingerprint density at radius 2 is 1.81 bits per heavy atom. The van der Waals surface area contributed by atoms with Crippen molar-refractivity contribution in [1.82, 2.24) is 24.6 Å². The van der Waals surface area contributed by atoms with Gasteiger partial charge < -0.3 is 4.90 Å². The van der Waals surface area contributed by atoms with Crippen LogP contribution in [0, 0.1) is 5.82 Å². The third-order valence-electron chi connectivity index (χ3n) is 6.61. The van der Waals surface area contributed by atoms with E-state index in [-0.39, 0.29) is 17.0 Å². The van der Waals surface area contributed by atoms with Gasteiger partial charge in [0.15, 0.2) is 11.0 Å². The van der Waals surface area contributed by atoms with Crippen LogP contribution in [0.2, 0.25) is 0 Å². The largest absolute Gasteiger partial charge is 0.339 e. The monoisotopic (exact) mass is 459 g/mol. The normalized spacial score (nSPS) is 21.0. The van der Waals surface area contributed by atoms with Crippen molar-refractivity contribution >= 4 is 17.7 Å². The van der Waals surface area contributed by atoms with Crippen molar-refractivity contribution in [2.24, 2.45) is 0 Å². The van der Waals surface area contributed by atoms with Crippen LogP contribution in [-0.4, -0.2) is 61.4 Å². The third-order valence-corrected chi connectivity index (χ3v) is 7.64. The maximum atomic E-state index is 13.6. The first-order valence-electron chi connectivity index (χ1n) is 12.0. The third kappa shape index (κ3) is 5.34. The number of thioether (sulfide) groups is 1. The second-order valence-electron chi connectivity index (χ2n) is 8.90. The van der Waals surface area contributed by atoms with Crippen LogP contribution in [0.1, 0.15) is 64.6 Å². The Kier molecular flexibility index (Phi) is 7.84. The quantitative estimate of drug-likeness (QED) is 0.564. The summed E-state index contributed by atoms with van der Waals surface area (Å²) in [6.07, 6.45) is 8.03. The summed E-state index contributed by atoms with van der Waals surface area (Å²) >= 11 is 1.45. The summed E-state index contributed by atoms with van der Waals surface area (Å²) < 4.78 is 15.6. The first-order chi connectivity index (χ1) is 15.6. The summed E-state index contributed by atoms with van der Waals surface area (Å²) in [7, 11) is 0. The summed E-state index contributed by atoms with van der Waals surface area (Å²) in [5.74, 6) is 0.741. The molecule has 2 saturated heterocycles. The van der Waals surface area contributed by atoms with Crippen LogP contribution in [0.3, 0.4) is 0 Å². The molecule has 1 aromatic heterocycles. The molecule has 0 N–H and O–H groups in total. The number of benzene rings is 1. The molecule has 8 heteroatoms. The van der Waals surface area contributed by atoms with Gasteiger partial charge in [-0.15, -0.1) is 10.2 Å². The standard InChI is InChI=1S/C24H34FN5OS/c1-3-20-9-5-8-16-29(20)23(31)18(2)32-24-27-26-22(17-28-14-6-4-7-15-28)30(24)21-12-10-19(25)11-13-21/h10-13,18,20H,3-9,14-17H2,1-2H3. The minimum atomic E-state index is -0.271. The molecule has 2 atom stereocenters. The highest BCUT2D eigenvalue weighted by atomic mass is 32.2. The van der Waals surface area contributed by atoms with Crippen LogP contribution < -0.4 is 0 Å². The molecule has 0 saturated carbocycles. The highest BCUT2D eigenvalue weighted by Gasteiger charge is 2.30. The van der Waals surface area contributed by atoms with Gasteiger partial charge in [-0.2, -0.15) is 0 Å². The van der Waals surface area contributed by atoms with Gasteiger partial charge in [-0.25, -0.2) is 4.39 Å². The minimum absolute atomic E-state index is 0.174. The van der Waals surface area contributed by atoms with Gasteiger partial charge in [0.05, 0.1) is 11.8 Å². The molecule has 0 radical (unpaired) electrons. The molecule has 2 aliphatic rings. The number of likely N-dealkylation sites (tertiary alicyclic amines) is 2. The van der Waals surface area contributed by atoms with Gasteiger partial charge in [-0.3, -0.25) is 14.3 Å². The lowest BCUT2D eigenvalue weighted by atomic mass is 10.00. The van der Waals surface area contributed by atoms with Gasteiger partial charge in [0.2, 0.25) is 5.91 Å². The van der Waals surface area contributed by atoms with Crippen molar-refractivity contribution in [2.45, 2.75) is 81.8 Å². The number of piperidine rings is 2. The zero-order valence-electron chi connectivity index (χ0n) is 19.2. The molecule has 6 nitrogen and oxygen atoms in total. The smallest absolute Gasteiger partial charge is 0.236 e. The van der Waals surface area contributed by atoms with Crippen molar-refractivity contribution in [3.05, 3.63) is 35.9 Å². The SMILES string of the molecule is CCC1CCCCN1C(=O)C(C)Sc1nnc(CN2CCCCC2)n1-c1ccc(F)cc1. The van der Waals surface area contributed by atoms with Gasteiger partial charge in [0.1, 0.15) is 5.82 Å². The molecule has 0 bridgehead atoms. The summed E-state index contributed by atoms with van der Waals surface area (Å²) in [6, 6.07) is 6.77. The van der Waals surface area contributed by atoms with Crippen molar-refractivity contribution in [1.29, 1.82) is 0 Å². The molecular weight excluding hydrogens is 425 g/mol. The number of nitrogens with zero attached hydrogens (tertiary/aromatic N) is 5. The molecule has 2 aliphatic heterocycles. The van der Waals surface area contributed by atoms with Crippen molar-refractivity contribution in [3.63, 3.8) is 0 Å². The number of carbonyl (C=O) groups excluding carboxylic acids is 1. The Hall–Kier alpha value is -1.93. The minimum Gasteiger partial charge on any atom is -0.339 e. The number of hydrogen-bond donors (Lipinski definition) is 0. The highest BCUT2D eigenvalue weighted by molar-refractivity contribution is 8.00. The van der Waals surface area contributed by atoms with Crippen molar-refractivity contribution < 1.29 is 9.18 Å². The lowest BCUT2D eigenvalue weighted by molar-refractivity contribution is -0.134. The predicted octanol–water partition coefficient (Wildman–Crippen LogP) is 4.66. The molecule has 32 heavy (non-hydrogen) atoms. The van der Waals surface area contributed by atoms with E-state index in [1.165, 1.54) is 49.6 Å². The fourth-order valence-electron chi connectivity index (χ4n) is 4.80. The predicted molar refractivity (Wildman–Crippen MR) is 125 cm³/mol. The van der Waals surface area contributed by atoms with Crippen molar-refractivity contribution in [2.75, 3.05) is 19.6 Å². The number of rotatable bonds is 7. The zero-order valence-corrected chi connectivity index (χ0v) is 20.0. The molecule has 2 fully saturated rings. The number of carbonyl (C=O) groups is 1. The summed E-state index contributed by atoms with van der Waals surface area (Å²) in [4.78, 5) is 17.7. The van der Waals surface area contributed by atoms with E-state index in [1.807, 2.05) is 11.5 Å². The topological polar surface area (TPSA) is 54.3 Å². The van der Waals surface area contributed by atoms with E-state index in [9.17, 15) is 9.18 Å². The number of halogens is 1. The van der Waals surface area contributed by atoms with E-state index in [2.05, 4.69) is 26.9 Å². The second kappa shape index (κ2) is 10.8. The molecule has 1 aromatic carbocycles. The van der Waals surface area contributed by atoms with E-state index < -0.39 is 0 Å². The van der Waals surface area contributed by atoms with Crippen LogP contribution in [-0.2, 0) is 11.3 Å². The molecule has 174 valence electrons. The number of aromatic nitrogens is 3. The molecule has 4 rings (SSSR count). The second-order valence-corrected chi connectivity index (χ2v) is 10.2. The Balaban J connectivity index is 1.57. The maximum absolute atomic E-state index is 13.6. The lowest BCUT2D eigenvalue weighted by Crippen LogP contribution is -2.46. The van der Waals surface area contributed by atoms with Crippen LogP contribution in [0.25, 0.3) is 5.69 Å². The summed E-state index contributed by atoms with van der Waals surface area (Å²) in [5, 5.41) is 9.40. The van der Waals surface area contributed by atoms with Crippen LogP contribution in [0.15, 0.2) is 29.4 Å². The molecule has 2 aromatic rings. The lowest BCUT2D eigenvalue weighted by Gasteiger charge is -2.36. The van der Waals surface area contributed by atoms with Crippen LogP contribution in [0.5, 0.6) is 0 Å². The summed E-state index contributed by atoms with van der Waals surface area (Å²) in [6.45, 7) is 7.78. The van der Waals surface area contributed by atoms with Gasteiger partial charge in [-0.05, 0) is 82.8 Å². The van der Waals surface area contributed by atoms with Crippen molar-refractivity contribution in [3.8, 4) is 5.69 Å². The Morgan fingerprint density at radius 1 is 1.09 bits per heavy atom. The van der Waals surface area contributed by atoms with E-state index >= 15 is 0 Å². The molecular formula is C24H34FN5OS. The number of hydrogen-bond acceptors (Lipinski definition) is 5. The average Bonchev–Trinajstić information content (AvgIpc) is 3.21. The van der Waals surface area contributed by atoms with E-state index in [0.29, 0.717) is 17.7 Å². The zero-order chi connectivity index (χ0) is 22.5. The Bertz CT molecular complexity index is 896. The average molecular weight is 460 g/mol. The molecule has 1 amide bonds. The van der Waals surface area contributed by atoms with E-state index in [4.69, 9.17) is 0 Å². The molecule has 2 unspecified atom stereocenters. The first-order valence-corrected chi connectivity index (χ1v) is 12.8. The first kappa shape index (κ1) is 23.2. The summed E-state index contributed by atoms with van der Waals surface area (Å²) in [5.41, 5.74) is 0.829. The maximum Gasteiger partial charge on any atom is 0.236 e. The fourth-order valence-corrected chi connectivity index (χ4v) is 5.76. The fraction of sp³-hybridized carbons (Fsp3) is 0.625. The highest BCUT2D eigenvalue weighted by Crippen LogP contribution is 2.30. The molecule has 0 spiro atoms. The van der Waals surface area contributed by atoms with E-state index in [1.54, 1.807) is 12.1 Å². The number of amides is 1. The van der Waals surface area contributed by atoms with Crippen LogP contribution >= 0.6 is 11.8 Å². The Labute approximate surface area is 194 Å².